The van der Waals surface area contributed by atoms with Crippen LogP contribution in [0.15, 0.2) is 54.6 Å². The van der Waals surface area contributed by atoms with Crippen LogP contribution in [-0.4, -0.2) is 39.4 Å². The number of carboxylic acids is 1. The predicted molar refractivity (Wildman–Crippen MR) is 126 cm³/mol. The molecule has 0 saturated heterocycles. The maximum Gasteiger partial charge on any atom is 0.329 e. The van der Waals surface area contributed by atoms with Gasteiger partial charge in [-0.3, -0.25) is 4.79 Å². The molecule has 178 valence electrons. The van der Waals surface area contributed by atoms with Gasteiger partial charge in [-0.1, -0.05) is 44.2 Å². The fourth-order valence-corrected chi connectivity index (χ4v) is 4.50. The third-order valence-electron chi connectivity index (χ3n) is 6.37. The van der Waals surface area contributed by atoms with Crippen molar-refractivity contribution in [3.05, 3.63) is 66.1 Å². The van der Waals surface area contributed by atoms with E-state index < -0.39 is 17.4 Å². The Balaban J connectivity index is 1.75. The van der Waals surface area contributed by atoms with E-state index >= 15 is 0 Å². The molecule has 0 unspecified atom stereocenters. The third-order valence-corrected chi connectivity index (χ3v) is 6.37. The lowest BCUT2D eigenvalue weighted by Crippen LogP contribution is -2.54. The summed E-state index contributed by atoms with van der Waals surface area (Å²) in [5.41, 5.74) is 0.575. The molecule has 0 radical (unpaired) electrons. The second kappa shape index (κ2) is 10.1. The first kappa shape index (κ1) is 23.5. The highest BCUT2D eigenvalue weighted by atomic mass is 19.1. The molecule has 1 aliphatic carbocycles. The minimum Gasteiger partial charge on any atom is -0.496 e. The number of ether oxygens (including phenoxy) is 1. The number of nitrogens with zero attached hydrogens (tertiary/aromatic N) is 2. The molecular formula is C26H28FN3O4. The predicted octanol–water partition coefficient (Wildman–Crippen LogP) is 4.98. The van der Waals surface area contributed by atoms with E-state index in [0.717, 1.165) is 32.1 Å². The first-order valence-electron chi connectivity index (χ1n) is 11.5. The molecule has 0 spiro atoms. The topological polar surface area (TPSA) is 93.4 Å². The first-order chi connectivity index (χ1) is 16.4. The van der Waals surface area contributed by atoms with E-state index in [-0.39, 0.29) is 11.5 Å². The van der Waals surface area contributed by atoms with Crippen LogP contribution in [0.3, 0.4) is 0 Å². The van der Waals surface area contributed by atoms with Crippen LogP contribution in [0.2, 0.25) is 0 Å². The number of carbonyl (C=O) groups is 2. The molecule has 8 heteroatoms. The average Bonchev–Trinajstić information content (AvgIpc) is 3.26. The van der Waals surface area contributed by atoms with E-state index in [1.807, 2.05) is 18.2 Å². The smallest absolute Gasteiger partial charge is 0.329 e. The Morgan fingerprint density at radius 1 is 1.03 bits per heavy atom. The number of nitrogens with one attached hydrogen (secondary N) is 1. The molecule has 2 aromatic carbocycles. The van der Waals surface area contributed by atoms with Crippen LogP contribution in [0.1, 0.15) is 55.4 Å². The Labute approximate surface area is 197 Å². The normalized spacial score (nSPS) is 15.7. The lowest BCUT2D eigenvalue weighted by atomic mass is 9.83. The zero-order chi connectivity index (χ0) is 24.1. The van der Waals surface area contributed by atoms with Crippen LogP contribution in [0.4, 0.5) is 4.39 Å². The monoisotopic (exact) mass is 465 g/mol. The van der Waals surface area contributed by atoms with Gasteiger partial charge < -0.3 is 15.2 Å². The van der Waals surface area contributed by atoms with Crippen molar-refractivity contribution in [2.45, 2.75) is 50.5 Å². The third kappa shape index (κ3) is 4.81. The molecule has 0 bridgehead atoms. The maximum absolute atomic E-state index is 13.5. The van der Waals surface area contributed by atoms with E-state index in [2.05, 4.69) is 10.4 Å². The number of hydrogen-bond donors (Lipinski definition) is 2. The summed E-state index contributed by atoms with van der Waals surface area (Å²) in [6.45, 7) is 0. The maximum atomic E-state index is 13.5. The van der Waals surface area contributed by atoms with Gasteiger partial charge in [0.1, 0.15) is 17.1 Å². The zero-order valence-electron chi connectivity index (χ0n) is 19.1. The number of amides is 1. The van der Waals surface area contributed by atoms with Crippen LogP contribution in [-0.2, 0) is 4.79 Å². The molecule has 0 atom stereocenters. The summed E-state index contributed by atoms with van der Waals surface area (Å²) in [5.74, 6) is -1.38. The van der Waals surface area contributed by atoms with Crippen molar-refractivity contribution >= 4 is 11.9 Å². The fourth-order valence-electron chi connectivity index (χ4n) is 4.50. The Kier molecular flexibility index (Phi) is 6.95. The van der Waals surface area contributed by atoms with E-state index in [0.29, 0.717) is 35.5 Å². The number of carboxylic acid groups (broad SMARTS) is 1. The number of carbonyl (C=O) groups excluding carboxylic acids is 1. The number of hydrogen-bond acceptors (Lipinski definition) is 4. The SMILES string of the molecule is COc1ccccc1-c1cc(C(=O)NC2(C(=O)O)CCCCCCC2)nn1-c1ccc(F)cc1. The summed E-state index contributed by atoms with van der Waals surface area (Å²) >= 11 is 0. The van der Waals surface area contributed by atoms with Gasteiger partial charge in [0.15, 0.2) is 5.69 Å². The zero-order valence-corrected chi connectivity index (χ0v) is 19.1. The van der Waals surface area contributed by atoms with Gasteiger partial charge in [0, 0.05) is 5.56 Å². The lowest BCUT2D eigenvalue weighted by Gasteiger charge is -2.32. The molecule has 4 rings (SSSR count). The first-order valence-corrected chi connectivity index (χ1v) is 11.5. The largest absolute Gasteiger partial charge is 0.496 e. The van der Waals surface area contributed by atoms with E-state index in [9.17, 15) is 19.1 Å². The molecule has 1 heterocycles. The Morgan fingerprint density at radius 3 is 2.32 bits per heavy atom. The minimum atomic E-state index is -1.32. The second-order valence-corrected chi connectivity index (χ2v) is 8.61. The lowest BCUT2D eigenvalue weighted by molar-refractivity contribution is -0.145. The number of rotatable bonds is 6. The second-order valence-electron chi connectivity index (χ2n) is 8.61. The number of methoxy groups -OCH3 is 1. The van der Waals surface area contributed by atoms with Crippen LogP contribution < -0.4 is 10.1 Å². The van der Waals surface area contributed by atoms with E-state index in [4.69, 9.17) is 4.74 Å². The van der Waals surface area contributed by atoms with Gasteiger partial charge in [-0.15, -0.1) is 0 Å². The van der Waals surface area contributed by atoms with E-state index in [1.54, 1.807) is 31.4 Å². The van der Waals surface area contributed by atoms with Crippen LogP contribution in [0.5, 0.6) is 5.75 Å². The summed E-state index contributed by atoms with van der Waals surface area (Å²) < 4.78 is 20.6. The molecule has 34 heavy (non-hydrogen) atoms. The molecule has 1 saturated carbocycles. The number of para-hydroxylation sites is 1. The molecule has 2 N–H and O–H groups in total. The molecule has 0 aliphatic heterocycles. The number of aliphatic carboxylic acids is 1. The van der Waals surface area contributed by atoms with Crippen molar-refractivity contribution in [3.8, 4) is 22.7 Å². The summed E-state index contributed by atoms with van der Waals surface area (Å²) in [6.07, 6.45) is 5.21. The molecular weight excluding hydrogens is 437 g/mol. The average molecular weight is 466 g/mol. The highest BCUT2D eigenvalue weighted by Gasteiger charge is 2.40. The highest BCUT2D eigenvalue weighted by molar-refractivity contribution is 5.97. The number of aromatic nitrogens is 2. The molecule has 1 aliphatic rings. The molecule has 1 amide bonds. The summed E-state index contributed by atoms with van der Waals surface area (Å²) in [7, 11) is 1.55. The van der Waals surface area contributed by atoms with Crippen LogP contribution in [0.25, 0.3) is 16.9 Å². The van der Waals surface area contributed by atoms with Crippen molar-refractivity contribution < 1.29 is 23.8 Å². The van der Waals surface area contributed by atoms with Gasteiger partial charge >= 0.3 is 5.97 Å². The van der Waals surface area contributed by atoms with Crippen molar-refractivity contribution in [3.63, 3.8) is 0 Å². The van der Waals surface area contributed by atoms with Crippen LogP contribution in [0, 0.1) is 5.82 Å². The van der Waals surface area contributed by atoms with Crippen molar-refractivity contribution in [1.29, 1.82) is 0 Å². The van der Waals surface area contributed by atoms with Gasteiger partial charge in [0.05, 0.1) is 18.5 Å². The van der Waals surface area contributed by atoms with Crippen molar-refractivity contribution in [2.75, 3.05) is 7.11 Å². The number of benzene rings is 2. The molecule has 3 aromatic rings. The van der Waals surface area contributed by atoms with Gasteiger partial charge in [-0.25, -0.2) is 13.9 Å². The standard InChI is InChI=1S/C26H28FN3O4/c1-34-23-10-6-5-9-20(23)22-17-21(29-30(22)19-13-11-18(27)12-14-19)24(31)28-26(25(32)33)15-7-3-2-4-8-16-26/h5-6,9-14,17H,2-4,7-8,15-16H2,1H3,(H,28,31)(H,32,33). The van der Waals surface area contributed by atoms with Gasteiger partial charge in [0.25, 0.3) is 5.91 Å². The van der Waals surface area contributed by atoms with Gasteiger partial charge in [0.2, 0.25) is 0 Å². The summed E-state index contributed by atoms with van der Waals surface area (Å²) in [6, 6.07) is 14.7. The Hall–Kier alpha value is -3.68. The van der Waals surface area contributed by atoms with Gasteiger partial charge in [-0.05, 0) is 55.3 Å². The molecule has 7 nitrogen and oxygen atoms in total. The van der Waals surface area contributed by atoms with Crippen molar-refractivity contribution in [2.24, 2.45) is 0 Å². The summed E-state index contributed by atoms with van der Waals surface area (Å²) in [4.78, 5) is 25.6. The van der Waals surface area contributed by atoms with E-state index in [1.165, 1.54) is 16.8 Å². The van der Waals surface area contributed by atoms with Gasteiger partial charge in [-0.2, -0.15) is 5.10 Å². The minimum absolute atomic E-state index is 0.0768. The molecule has 1 aromatic heterocycles. The molecule has 1 fully saturated rings. The number of halogens is 1. The Morgan fingerprint density at radius 2 is 1.68 bits per heavy atom. The van der Waals surface area contributed by atoms with Crippen molar-refractivity contribution in [1.82, 2.24) is 15.1 Å². The van der Waals surface area contributed by atoms with Crippen LogP contribution >= 0.6 is 0 Å². The quantitative estimate of drug-likeness (QED) is 0.535. The fraction of sp³-hybridized carbons (Fsp3) is 0.346. The highest BCUT2D eigenvalue weighted by Crippen LogP contribution is 2.33. The summed E-state index contributed by atoms with van der Waals surface area (Å²) in [5, 5.41) is 17.3. The Bertz CT molecular complexity index is 1170.